The molecular formula is C14H13BrF2N2OS. The SMILES string of the molecule is CNc1c(F)cc(C(=O)NCCc2ccc(Br)s2)cc1F. The van der Waals surface area contributed by atoms with Crippen LogP contribution in [0.25, 0.3) is 0 Å². The summed E-state index contributed by atoms with van der Waals surface area (Å²) < 4.78 is 28.2. The molecule has 0 atom stereocenters. The van der Waals surface area contributed by atoms with Crippen LogP contribution in [0.15, 0.2) is 28.1 Å². The van der Waals surface area contributed by atoms with E-state index in [1.165, 1.54) is 7.05 Å². The Bertz CT molecular complexity index is 637. The first-order valence-corrected chi connectivity index (χ1v) is 7.81. The molecule has 0 bridgehead atoms. The van der Waals surface area contributed by atoms with Crippen LogP contribution >= 0.6 is 27.3 Å². The van der Waals surface area contributed by atoms with Crippen LogP contribution in [0, 0.1) is 11.6 Å². The molecule has 112 valence electrons. The summed E-state index contributed by atoms with van der Waals surface area (Å²) in [7, 11) is 1.42. The summed E-state index contributed by atoms with van der Waals surface area (Å²) in [4.78, 5) is 13.0. The van der Waals surface area contributed by atoms with E-state index in [4.69, 9.17) is 0 Å². The molecule has 1 aromatic carbocycles. The van der Waals surface area contributed by atoms with Crippen LogP contribution in [0.1, 0.15) is 15.2 Å². The smallest absolute Gasteiger partial charge is 0.251 e. The lowest BCUT2D eigenvalue weighted by atomic mass is 10.1. The van der Waals surface area contributed by atoms with Crippen LogP contribution in [0.5, 0.6) is 0 Å². The van der Waals surface area contributed by atoms with Crippen LogP contribution in [-0.2, 0) is 6.42 Å². The van der Waals surface area contributed by atoms with E-state index in [9.17, 15) is 13.6 Å². The van der Waals surface area contributed by atoms with Crippen molar-refractivity contribution in [1.82, 2.24) is 5.32 Å². The number of halogens is 3. The lowest BCUT2D eigenvalue weighted by molar-refractivity contribution is 0.0953. The maximum Gasteiger partial charge on any atom is 0.251 e. The molecule has 1 aromatic heterocycles. The van der Waals surface area contributed by atoms with E-state index < -0.39 is 17.5 Å². The van der Waals surface area contributed by atoms with Gasteiger partial charge in [-0.15, -0.1) is 11.3 Å². The molecule has 0 unspecified atom stereocenters. The number of thiophene rings is 1. The number of carbonyl (C=O) groups excluding carboxylic acids is 1. The van der Waals surface area contributed by atoms with Gasteiger partial charge >= 0.3 is 0 Å². The first-order chi connectivity index (χ1) is 10.0. The van der Waals surface area contributed by atoms with Gasteiger partial charge in [-0.2, -0.15) is 0 Å². The van der Waals surface area contributed by atoms with Gasteiger partial charge in [0, 0.05) is 24.0 Å². The molecule has 0 radical (unpaired) electrons. The minimum absolute atomic E-state index is 0.0311. The van der Waals surface area contributed by atoms with Crippen molar-refractivity contribution in [1.29, 1.82) is 0 Å². The predicted molar refractivity (Wildman–Crippen MR) is 84.0 cm³/mol. The van der Waals surface area contributed by atoms with Gasteiger partial charge in [-0.1, -0.05) is 0 Å². The second-order valence-corrected chi connectivity index (χ2v) is 6.82. The maximum atomic E-state index is 13.6. The number of hydrogen-bond acceptors (Lipinski definition) is 3. The number of carbonyl (C=O) groups is 1. The fourth-order valence-electron chi connectivity index (χ4n) is 1.83. The van der Waals surface area contributed by atoms with Gasteiger partial charge in [-0.25, -0.2) is 8.78 Å². The summed E-state index contributed by atoms with van der Waals surface area (Å²) >= 11 is 4.94. The number of amides is 1. The predicted octanol–water partition coefficient (Wildman–Crippen LogP) is 3.80. The van der Waals surface area contributed by atoms with Crippen molar-refractivity contribution in [3.63, 3.8) is 0 Å². The summed E-state index contributed by atoms with van der Waals surface area (Å²) in [6.07, 6.45) is 0.668. The number of hydrogen-bond donors (Lipinski definition) is 2. The number of anilines is 1. The highest BCUT2D eigenvalue weighted by molar-refractivity contribution is 9.11. The molecule has 7 heteroatoms. The highest BCUT2D eigenvalue weighted by Gasteiger charge is 2.14. The van der Waals surface area contributed by atoms with E-state index >= 15 is 0 Å². The Kier molecular flexibility index (Phi) is 5.30. The van der Waals surface area contributed by atoms with E-state index in [2.05, 4.69) is 26.6 Å². The van der Waals surface area contributed by atoms with Gasteiger partial charge in [0.15, 0.2) is 0 Å². The molecule has 2 aromatic rings. The molecule has 0 aliphatic carbocycles. The minimum atomic E-state index is -0.787. The molecule has 0 saturated carbocycles. The van der Waals surface area contributed by atoms with Gasteiger partial charge < -0.3 is 10.6 Å². The van der Waals surface area contributed by atoms with Crippen molar-refractivity contribution in [2.45, 2.75) is 6.42 Å². The van der Waals surface area contributed by atoms with Crippen molar-refractivity contribution in [3.8, 4) is 0 Å². The number of benzene rings is 1. The van der Waals surface area contributed by atoms with E-state index in [1.54, 1.807) is 11.3 Å². The Morgan fingerprint density at radius 3 is 2.48 bits per heavy atom. The molecule has 21 heavy (non-hydrogen) atoms. The first-order valence-electron chi connectivity index (χ1n) is 6.20. The molecule has 0 aliphatic heterocycles. The molecule has 1 heterocycles. The molecular weight excluding hydrogens is 362 g/mol. The minimum Gasteiger partial charge on any atom is -0.383 e. The zero-order valence-electron chi connectivity index (χ0n) is 11.2. The average Bonchev–Trinajstić information content (AvgIpc) is 2.84. The van der Waals surface area contributed by atoms with Gasteiger partial charge in [0.25, 0.3) is 5.91 Å². The molecule has 1 amide bonds. The van der Waals surface area contributed by atoms with Crippen molar-refractivity contribution in [3.05, 3.63) is 50.1 Å². The van der Waals surface area contributed by atoms with Gasteiger partial charge in [0.2, 0.25) is 0 Å². The summed E-state index contributed by atoms with van der Waals surface area (Å²) in [5.41, 5.74) is -0.272. The highest BCUT2D eigenvalue weighted by Crippen LogP contribution is 2.22. The topological polar surface area (TPSA) is 41.1 Å². The fourth-order valence-corrected chi connectivity index (χ4v) is 3.31. The number of rotatable bonds is 5. The van der Waals surface area contributed by atoms with E-state index in [0.29, 0.717) is 13.0 Å². The normalized spacial score (nSPS) is 10.5. The summed E-state index contributed by atoms with van der Waals surface area (Å²) in [5, 5.41) is 5.06. The van der Waals surface area contributed by atoms with Crippen LogP contribution in [0.4, 0.5) is 14.5 Å². The van der Waals surface area contributed by atoms with Gasteiger partial charge in [0.1, 0.15) is 17.3 Å². The average molecular weight is 375 g/mol. The Hall–Kier alpha value is -1.47. The second-order valence-electron chi connectivity index (χ2n) is 4.28. The lowest BCUT2D eigenvalue weighted by Crippen LogP contribution is -2.25. The van der Waals surface area contributed by atoms with E-state index in [1.807, 2.05) is 12.1 Å². The summed E-state index contributed by atoms with van der Waals surface area (Å²) in [5.74, 6) is -2.07. The highest BCUT2D eigenvalue weighted by atomic mass is 79.9. The molecule has 0 aliphatic rings. The van der Waals surface area contributed by atoms with Crippen LogP contribution in [-0.4, -0.2) is 19.5 Å². The quantitative estimate of drug-likeness (QED) is 0.835. The van der Waals surface area contributed by atoms with Crippen LogP contribution < -0.4 is 10.6 Å². The Balaban J connectivity index is 1.97. The Morgan fingerprint density at radius 2 is 1.95 bits per heavy atom. The van der Waals surface area contributed by atoms with Gasteiger partial charge in [-0.3, -0.25) is 4.79 Å². The van der Waals surface area contributed by atoms with Crippen molar-refractivity contribution >= 4 is 38.9 Å². The fraction of sp³-hybridized carbons (Fsp3) is 0.214. The molecule has 2 rings (SSSR count). The third-order valence-corrected chi connectivity index (χ3v) is 4.52. The third kappa shape index (κ3) is 4.01. The van der Waals surface area contributed by atoms with Crippen molar-refractivity contribution in [2.24, 2.45) is 0 Å². The van der Waals surface area contributed by atoms with Crippen molar-refractivity contribution in [2.75, 3.05) is 18.9 Å². The molecule has 0 spiro atoms. The standard InChI is InChI=1S/C14H13BrF2N2OS/c1-18-13-10(16)6-8(7-11(13)17)14(20)19-5-4-9-2-3-12(15)21-9/h2-3,6-7,18H,4-5H2,1H3,(H,19,20). The summed E-state index contributed by atoms with van der Waals surface area (Å²) in [6, 6.07) is 5.93. The van der Waals surface area contributed by atoms with E-state index in [0.717, 1.165) is 20.8 Å². The zero-order valence-corrected chi connectivity index (χ0v) is 13.6. The first kappa shape index (κ1) is 15.9. The van der Waals surface area contributed by atoms with Crippen LogP contribution in [0.2, 0.25) is 0 Å². The monoisotopic (exact) mass is 374 g/mol. The summed E-state index contributed by atoms with van der Waals surface area (Å²) in [6.45, 7) is 0.406. The maximum absolute atomic E-state index is 13.6. The van der Waals surface area contributed by atoms with Gasteiger partial charge in [0.05, 0.1) is 3.79 Å². The zero-order chi connectivity index (χ0) is 15.4. The van der Waals surface area contributed by atoms with Crippen LogP contribution in [0.3, 0.4) is 0 Å². The molecule has 3 nitrogen and oxygen atoms in total. The molecule has 0 saturated heterocycles. The lowest BCUT2D eigenvalue weighted by Gasteiger charge is -2.08. The third-order valence-electron chi connectivity index (χ3n) is 2.84. The van der Waals surface area contributed by atoms with E-state index in [-0.39, 0.29) is 11.3 Å². The second kappa shape index (κ2) is 7.00. The van der Waals surface area contributed by atoms with Crippen molar-refractivity contribution < 1.29 is 13.6 Å². The van der Waals surface area contributed by atoms with Gasteiger partial charge in [-0.05, 0) is 46.6 Å². The Morgan fingerprint density at radius 1 is 1.29 bits per heavy atom. The Labute approximate surface area is 133 Å². The molecule has 0 fully saturated rings. The number of nitrogens with one attached hydrogen (secondary N) is 2. The molecule has 2 N–H and O–H groups in total. The largest absolute Gasteiger partial charge is 0.383 e.